The molecule has 4 aromatic rings. The van der Waals surface area contributed by atoms with Gasteiger partial charge < -0.3 is 25.4 Å². The number of nitrogens with zero attached hydrogens (tertiary/aromatic N) is 4. The molecule has 3 N–H and O–H groups in total. The summed E-state index contributed by atoms with van der Waals surface area (Å²) in [4.78, 5) is 33.2. The second-order valence-corrected chi connectivity index (χ2v) is 10.2. The molecule has 2 amide bonds. The maximum absolute atomic E-state index is 13.8. The van der Waals surface area contributed by atoms with Crippen LogP contribution in [-0.4, -0.2) is 64.7 Å². The summed E-state index contributed by atoms with van der Waals surface area (Å²) in [6, 6.07) is 22.2. The summed E-state index contributed by atoms with van der Waals surface area (Å²) in [7, 11) is 0. The van der Waals surface area contributed by atoms with Crippen LogP contribution in [0.4, 0.5) is 5.69 Å². The van der Waals surface area contributed by atoms with Gasteiger partial charge in [0.05, 0.1) is 30.5 Å². The molecule has 1 atom stereocenters. The van der Waals surface area contributed by atoms with Gasteiger partial charge in [-0.05, 0) is 55.2 Å². The molecule has 4 heterocycles. The number of nitrogens with two attached hydrogens (primary N) is 1. The lowest BCUT2D eigenvalue weighted by molar-refractivity contribution is -0.189. The van der Waals surface area contributed by atoms with Crippen LogP contribution in [0.2, 0.25) is 0 Å². The van der Waals surface area contributed by atoms with Crippen LogP contribution >= 0.6 is 0 Å². The van der Waals surface area contributed by atoms with Crippen molar-refractivity contribution in [1.82, 2.24) is 20.1 Å². The van der Waals surface area contributed by atoms with Crippen molar-refractivity contribution in [3.05, 3.63) is 96.3 Å². The molecule has 2 saturated heterocycles. The average molecular weight is 553 g/mol. The van der Waals surface area contributed by atoms with Gasteiger partial charge in [0.25, 0.3) is 17.6 Å². The summed E-state index contributed by atoms with van der Waals surface area (Å²) in [5, 5.41) is 7.72. The largest absolute Gasteiger partial charge is 0.372 e. The Morgan fingerprint density at radius 1 is 0.976 bits per heavy atom. The molecule has 1 unspecified atom stereocenters. The van der Waals surface area contributed by atoms with E-state index in [1.165, 1.54) is 18.5 Å². The van der Waals surface area contributed by atoms with Crippen LogP contribution in [0.5, 0.6) is 0 Å². The number of carbonyl (C=O) groups excluding carboxylic acids is 2. The third-order valence-electron chi connectivity index (χ3n) is 7.56. The molecule has 41 heavy (non-hydrogen) atoms. The van der Waals surface area contributed by atoms with Crippen LogP contribution in [0.15, 0.2) is 85.2 Å². The predicted octanol–water partition coefficient (Wildman–Crippen LogP) is 3.10. The molecular formula is C31H32N6O4. The number of carbonyl (C=O) groups is 2. The molecule has 6 rings (SSSR count). The summed E-state index contributed by atoms with van der Waals surface area (Å²) < 4.78 is 13.1. The number of hydrogen-bond donors (Lipinski definition) is 2. The third-order valence-corrected chi connectivity index (χ3v) is 7.56. The smallest absolute Gasteiger partial charge is 0.280 e. The third kappa shape index (κ3) is 5.44. The molecule has 0 aliphatic carbocycles. The molecule has 2 aromatic heterocycles. The first-order chi connectivity index (χ1) is 20.0. The zero-order valence-corrected chi connectivity index (χ0v) is 22.6. The number of benzene rings is 2. The van der Waals surface area contributed by atoms with Crippen molar-refractivity contribution < 1.29 is 19.1 Å². The highest BCUT2D eigenvalue weighted by molar-refractivity contribution is 5.98. The van der Waals surface area contributed by atoms with E-state index in [2.05, 4.69) is 27.3 Å². The zero-order chi connectivity index (χ0) is 28.2. The summed E-state index contributed by atoms with van der Waals surface area (Å²) >= 11 is 0. The van der Waals surface area contributed by atoms with Gasteiger partial charge in [0, 0.05) is 36.7 Å². The lowest BCUT2D eigenvalue weighted by Gasteiger charge is -2.33. The minimum Gasteiger partial charge on any atom is -0.372 e. The highest BCUT2D eigenvalue weighted by Gasteiger charge is 2.51. The standard InChI is InChI=1S/C31H32N6O4/c32-30(39)31(40-18-19-41-31)27(20-22-8-2-1-3-9-22)34-29(38)25-12-7-14-33-28(25)37-17-13-26(35-37)23-10-6-11-24(21-23)36-15-4-5-16-36/h1-3,6-14,17,21,27H,4-5,15-16,18-20H2,(H2,32,39)(H,34,38). The van der Waals surface area contributed by atoms with E-state index in [0.717, 1.165) is 29.9 Å². The van der Waals surface area contributed by atoms with Crippen LogP contribution in [-0.2, 0) is 20.7 Å². The quantitative estimate of drug-likeness (QED) is 0.327. The highest BCUT2D eigenvalue weighted by Crippen LogP contribution is 2.28. The first-order valence-corrected chi connectivity index (χ1v) is 13.8. The Morgan fingerprint density at radius 2 is 1.76 bits per heavy atom. The minimum atomic E-state index is -1.78. The number of amides is 2. The lowest BCUT2D eigenvalue weighted by Crippen LogP contribution is -2.61. The molecule has 2 aromatic carbocycles. The van der Waals surface area contributed by atoms with Crippen LogP contribution in [0.25, 0.3) is 17.1 Å². The van der Waals surface area contributed by atoms with E-state index in [-0.39, 0.29) is 25.2 Å². The van der Waals surface area contributed by atoms with Crippen LogP contribution < -0.4 is 16.0 Å². The Hall–Kier alpha value is -4.54. The Bertz CT molecular complexity index is 1530. The van der Waals surface area contributed by atoms with E-state index in [4.69, 9.17) is 20.3 Å². The molecule has 210 valence electrons. The topological polar surface area (TPSA) is 125 Å². The highest BCUT2D eigenvalue weighted by atomic mass is 16.7. The van der Waals surface area contributed by atoms with E-state index in [1.807, 2.05) is 48.5 Å². The Kier molecular flexibility index (Phi) is 7.49. The first kappa shape index (κ1) is 26.7. The van der Waals surface area contributed by atoms with Crippen molar-refractivity contribution in [2.45, 2.75) is 31.1 Å². The SMILES string of the molecule is NC(=O)C1(C(Cc2ccccc2)NC(=O)c2cccnc2-n2ccc(-c3cccc(N4CCCC4)c3)n2)OCCO1. The molecule has 0 radical (unpaired) electrons. The predicted molar refractivity (Wildman–Crippen MR) is 153 cm³/mol. The minimum absolute atomic E-state index is 0.192. The molecule has 2 fully saturated rings. The number of primary amides is 1. The van der Waals surface area contributed by atoms with Crippen molar-refractivity contribution >= 4 is 17.5 Å². The van der Waals surface area contributed by atoms with Crippen LogP contribution in [0.3, 0.4) is 0 Å². The van der Waals surface area contributed by atoms with Gasteiger partial charge in [0.15, 0.2) is 5.82 Å². The number of aromatic nitrogens is 3. The van der Waals surface area contributed by atoms with Crippen LogP contribution in [0, 0.1) is 0 Å². The van der Waals surface area contributed by atoms with E-state index in [0.29, 0.717) is 5.82 Å². The van der Waals surface area contributed by atoms with Gasteiger partial charge in [0.2, 0.25) is 0 Å². The zero-order valence-electron chi connectivity index (χ0n) is 22.6. The summed E-state index contributed by atoms with van der Waals surface area (Å²) in [5.41, 5.74) is 9.86. The van der Waals surface area contributed by atoms with Gasteiger partial charge >= 0.3 is 0 Å². The number of ether oxygens (including phenoxy) is 2. The molecule has 2 aliphatic rings. The van der Waals surface area contributed by atoms with E-state index >= 15 is 0 Å². The summed E-state index contributed by atoms with van der Waals surface area (Å²) in [5.74, 6) is -2.68. The van der Waals surface area contributed by atoms with E-state index in [9.17, 15) is 9.59 Å². The van der Waals surface area contributed by atoms with Crippen molar-refractivity contribution in [1.29, 1.82) is 0 Å². The second-order valence-electron chi connectivity index (χ2n) is 10.2. The van der Waals surface area contributed by atoms with Crippen molar-refractivity contribution in [2.24, 2.45) is 5.73 Å². The number of nitrogens with one attached hydrogen (secondary N) is 1. The average Bonchev–Trinajstić information content (AvgIpc) is 3.80. The number of hydrogen-bond acceptors (Lipinski definition) is 7. The first-order valence-electron chi connectivity index (χ1n) is 13.8. The number of pyridine rings is 1. The maximum Gasteiger partial charge on any atom is 0.280 e. The molecular weight excluding hydrogens is 520 g/mol. The van der Waals surface area contributed by atoms with Gasteiger partial charge in [-0.2, -0.15) is 5.10 Å². The molecule has 0 saturated carbocycles. The van der Waals surface area contributed by atoms with Crippen LogP contribution in [0.1, 0.15) is 28.8 Å². The van der Waals surface area contributed by atoms with Gasteiger partial charge in [-0.3, -0.25) is 9.59 Å². The lowest BCUT2D eigenvalue weighted by atomic mass is 9.97. The van der Waals surface area contributed by atoms with Crippen molar-refractivity contribution in [3.63, 3.8) is 0 Å². The van der Waals surface area contributed by atoms with Crippen molar-refractivity contribution in [3.8, 4) is 17.1 Å². The number of anilines is 1. The molecule has 2 aliphatic heterocycles. The molecule has 0 spiro atoms. The number of rotatable bonds is 9. The van der Waals surface area contributed by atoms with Gasteiger partial charge in [-0.1, -0.05) is 42.5 Å². The fraction of sp³-hybridized carbons (Fsp3) is 0.290. The Morgan fingerprint density at radius 3 is 2.51 bits per heavy atom. The molecule has 0 bridgehead atoms. The summed E-state index contributed by atoms with van der Waals surface area (Å²) in [6.45, 7) is 2.50. The van der Waals surface area contributed by atoms with Gasteiger partial charge in [0.1, 0.15) is 0 Å². The Labute approximate surface area is 238 Å². The fourth-order valence-electron chi connectivity index (χ4n) is 5.50. The Balaban J connectivity index is 1.28. The van der Waals surface area contributed by atoms with Crippen molar-refractivity contribution in [2.75, 3.05) is 31.2 Å². The maximum atomic E-state index is 13.8. The van der Waals surface area contributed by atoms with Gasteiger partial charge in [-0.25, -0.2) is 9.67 Å². The monoisotopic (exact) mass is 552 g/mol. The van der Waals surface area contributed by atoms with Gasteiger partial charge in [-0.15, -0.1) is 0 Å². The fourth-order valence-corrected chi connectivity index (χ4v) is 5.50. The normalized spacial score (nSPS) is 16.9. The molecule has 10 nitrogen and oxygen atoms in total. The van der Waals surface area contributed by atoms with E-state index in [1.54, 1.807) is 29.2 Å². The molecule has 10 heteroatoms. The second kappa shape index (κ2) is 11.5. The van der Waals surface area contributed by atoms with E-state index < -0.39 is 23.6 Å². The summed E-state index contributed by atoms with van der Waals surface area (Å²) in [6.07, 6.45) is 6.07.